The van der Waals surface area contributed by atoms with Crippen molar-refractivity contribution < 1.29 is 9.72 Å². The van der Waals surface area contributed by atoms with Crippen molar-refractivity contribution in [3.8, 4) is 0 Å². The minimum absolute atomic E-state index is 0. The number of nitro benzene ring substituents is 1. The molecule has 122 valence electrons. The van der Waals surface area contributed by atoms with Crippen molar-refractivity contribution in [3.05, 3.63) is 39.4 Å². The first kappa shape index (κ1) is 18.4. The summed E-state index contributed by atoms with van der Waals surface area (Å²) in [5, 5.41) is 17.3. The number of nitro groups is 1. The second-order valence-electron chi connectivity index (χ2n) is 6.40. The van der Waals surface area contributed by atoms with Crippen molar-refractivity contribution in [3.63, 3.8) is 0 Å². The fraction of sp³-hybridized carbons (Fsp3) is 0.533. The largest absolute Gasteiger partial charge is 0.348 e. The van der Waals surface area contributed by atoms with E-state index in [4.69, 9.17) is 0 Å². The van der Waals surface area contributed by atoms with Crippen molar-refractivity contribution in [1.82, 2.24) is 10.6 Å². The minimum Gasteiger partial charge on any atom is -0.348 e. The van der Waals surface area contributed by atoms with Gasteiger partial charge in [0.2, 0.25) is 0 Å². The fourth-order valence-corrected chi connectivity index (χ4v) is 2.50. The number of nitrogens with zero attached hydrogens (tertiary/aromatic N) is 1. The minimum atomic E-state index is -0.422. The van der Waals surface area contributed by atoms with Crippen LogP contribution in [0.3, 0.4) is 0 Å². The van der Waals surface area contributed by atoms with Gasteiger partial charge in [-0.25, -0.2) is 0 Å². The highest BCUT2D eigenvalue weighted by Crippen LogP contribution is 2.31. The zero-order chi connectivity index (χ0) is 15.6. The molecule has 2 rings (SSSR count). The molecule has 0 aliphatic carbocycles. The Morgan fingerprint density at radius 1 is 1.41 bits per heavy atom. The Hall–Kier alpha value is -1.66. The highest BCUT2D eigenvalue weighted by Gasteiger charge is 2.26. The maximum Gasteiger partial charge on any atom is 0.273 e. The summed E-state index contributed by atoms with van der Waals surface area (Å²) in [5.41, 5.74) is 0.625. The van der Waals surface area contributed by atoms with Gasteiger partial charge in [0.1, 0.15) is 0 Å². The van der Waals surface area contributed by atoms with Gasteiger partial charge >= 0.3 is 0 Å². The Morgan fingerprint density at radius 2 is 2.09 bits per heavy atom. The molecular weight excluding hydrogens is 306 g/mol. The molecule has 0 bridgehead atoms. The topological polar surface area (TPSA) is 84.3 Å². The maximum absolute atomic E-state index is 12.2. The number of carbonyl (C=O) groups excluding carboxylic acids is 1. The van der Waals surface area contributed by atoms with Crippen molar-refractivity contribution >= 4 is 24.0 Å². The number of nitrogens with one attached hydrogen (secondary N) is 2. The lowest BCUT2D eigenvalue weighted by molar-refractivity contribution is -0.386. The summed E-state index contributed by atoms with van der Waals surface area (Å²) in [7, 11) is 0. The van der Waals surface area contributed by atoms with Gasteiger partial charge in [-0.1, -0.05) is 26.8 Å². The molecule has 6 nitrogen and oxygen atoms in total. The average molecular weight is 328 g/mol. The number of benzene rings is 1. The number of carbonyl (C=O) groups is 1. The fourth-order valence-electron chi connectivity index (χ4n) is 2.50. The lowest BCUT2D eigenvalue weighted by Gasteiger charge is -2.19. The Balaban J connectivity index is 0.00000242. The van der Waals surface area contributed by atoms with E-state index in [2.05, 4.69) is 10.6 Å². The second kappa shape index (κ2) is 7.07. The average Bonchev–Trinajstić information content (AvgIpc) is 2.89. The molecule has 1 amide bonds. The van der Waals surface area contributed by atoms with Crippen LogP contribution in [0, 0.1) is 10.1 Å². The molecule has 22 heavy (non-hydrogen) atoms. The SMILES string of the molecule is CC(C)(C)c1ccc(C(=O)NC2CCNC2)cc1[N+](=O)[O-].Cl. The zero-order valence-electron chi connectivity index (χ0n) is 13.0. The smallest absolute Gasteiger partial charge is 0.273 e. The molecule has 2 N–H and O–H groups in total. The molecule has 1 fully saturated rings. The van der Waals surface area contributed by atoms with E-state index >= 15 is 0 Å². The van der Waals surface area contributed by atoms with E-state index < -0.39 is 4.92 Å². The summed E-state index contributed by atoms with van der Waals surface area (Å²) < 4.78 is 0. The van der Waals surface area contributed by atoms with Crippen LogP contribution in [0.15, 0.2) is 18.2 Å². The highest BCUT2D eigenvalue weighted by molar-refractivity contribution is 5.95. The summed E-state index contributed by atoms with van der Waals surface area (Å²) >= 11 is 0. The Labute approximate surface area is 136 Å². The molecule has 1 heterocycles. The van der Waals surface area contributed by atoms with Crippen LogP contribution in [0.4, 0.5) is 5.69 Å². The van der Waals surface area contributed by atoms with Crippen LogP contribution < -0.4 is 10.6 Å². The molecule has 0 spiro atoms. The van der Waals surface area contributed by atoms with Crippen molar-refractivity contribution in [2.45, 2.75) is 38.6 Å². The van der Waals surface area contributed by atoms with Crippen molar-refractivity contribution in [2.24, 2.45) is 0 Å². The van der Waals surface area contributed by atoms with Gasteiger partial charge in [0.05, 0.1) is 4.92 Å². The molecule has 0 radical (unpaired) electrons. The Bertz CT molecular complexity index is 564. The van der Waals surface area contributed by atoms with Crippen LogP contribution in [-0.2, 0) is 5.41 Å². The molecule has 1 aliphatic heterocycles. The maximum atomic E-state index is 12.2. The van der Waals surface area contributed by atoms with Crippen LogP contribution in [-0.4, -0.2) is 30.0 Å². The number of amides is 1. The number of hydrogen-bond acceptors (Lipinski definition) is 4. The monoisotopic (exact) mass is 327 g/mol. The number of rotatable bonds is 3. The number of hydrogen-bond donors (Lipinski definition) is 2. The number of halogens is 1. The van der Waals surface area contributed by atoms with E-state index in [1.807, 2.05) is 20.8 Å². The quantitative estimate of drug-likeness (QED) is 0.659. The Morgan fingerprint density at radius 3 is 2.59 bits per heavy atom. The van der Waals surface area contributed by atoms with Gasteiger partial charge in [-0.2, -0.15) is 0 Å². The summed E-state index contributed by atoms with van der Waals surface area (Å²) in [6, 6.07) is 4.81. The summed E-state index contributed by atoms with van der Waals surface area (Å²) in [6.07, 6.45) is 0.883. The zero-order valence-corrected chi connectivity index (χ0v) is 13.8. The van der Waals surface area contributed by atoms with Gasteiger partial charge in [-0.15, -0.1) is 12.4 Å². The molecule has 0 aromatic heterocycles. The predicted octanol–water partition coefficient (Wildman–Crippen LogP) is 2.41. The normalized spacial score (nSPS) is 17.7. The van der Waals surface area contributed by atoms with E-state index in [1.165, 1.54) is 6.07 Å². The third-order valence-electron chi connectivity index (χ3n) is 3.66. The summed E-state index contributed by atoms with van der Waals surface area (Å²) in [6.45, 7) is 7.37. The van der Waals surface area contributed by atoms with Gasteiger partial charge in [0, 0.05) is 29.8 Å². The van der Waals surface area contributed by atoms with Crippen LogP contribution in [0.2, 0.25) is 0 Å². The second-order valence-corrected chi connectivity index (χ2v) is 6.40. The van der Waals surface area contributed by atoms with Crippen LogP contribution in [0.1, 0.15) is 43.1 Å². The molecular formula is C15H22ClN3O3. The van der Waals surface area contributed by atoms with Gasteiger partial charge in [0.25, 0.3) is 11.6 Å². The first-order chi connectivity index (χ1) is 9.79. The van der Waals surface area contributed by atoms with Crippen LogP contribution >= 0.6 is 12.4 Å². The van der Waals surface area contributed by atoms with Gasteiger partial charge in [0.15, 0.2) is 0 Å². The van der Waals surface area contributed by atoms with Crippen LogP contribution in [0.5, 0.6) is 0 Å². The summed E-state index contributed by atoms with van der Waals surface area (Å²) in [5.74, 6) is -0.257. The third-order valence-corrected chi connectivity index (χ3v) is 3.66. The lowest BCUT2D eigenvalue weighted by atomic mass is 9.85. The van der Waals surface area contributed by atoms with Gasteiger partial charge < -0.3 is 10.6 Å². The molecule has 1 aliphatic rings. The van der Waals surface area contributed by atoms with Crippen molar-refractivity contribution in [1.29, 1.82) is 0 Å². The Kier molecular flexibility index (Phi) is 5.91. The molecule has 7 heteroatoms. The molecule has 0 saturated carbocycles. The summed E-state index contributed by atoms with van der Waals surface area (Å²) in [4.78, 5) is 23.0. The van der Waals surface area contributed by atoms with Crippen molar-refractivity contribution in [2.75, 3.05) is 13.1 Å². The first-order valence-corrected chi connectivity index (χ1v) is 7.09. The van der Waals surface area contributed by atoms with Gasteiger partial charge in [-0.3, -0.25) is 14.9 Å². The molecule has 1 aromatic rings. The van der Waals surface area contributed by atoms with E-state index in [0.29, 0.717) is 11.1 Å². The highest BCUT2D eigenvalue weighted by atomic mass is 35.5. The van der Waals surface area contributed by atoms with E-state index in [9.17, 15) is 14.9 Å². The van der Waals surface area contributed by atoms with Gasteiger partial charge in [-0.05, 0) is 24.4 Å². The molecule has 1 aromatic carbocycles. The third kappa shape index (κ3) is 4.18. The molecule has 1 unspecified atom stereocenters. The molecule has 1 saturated heterocycles. The van der Waals surface area contributed by atoms with E-state index in [0.717, 1.165) is 19.5 Å². The predicted molar refractivity (Wildman–Crippen MR) is 87.8 cm³/mol. The first-order valence-electron chi connectivity index (χ1n) is 7.09. The van der Waals surface area contributed by atoms with Crippen LogP contribution in [0.25, 0.3) is 0 Å². The molecule has 1 atom stereocenters. The standard InChI is InChI=1S/C15H21N3O3.ClH/c1-15(2,3)12-5-4-10(8-13(12)18(20)21)14(19)17-11-6-7-16-9-11;/h4-5,8,11,16H,6-7,9H2,1-3H3,(H,17,19);1H. The lowest BCUT2D eigenvalue weighted by Crippen LogP contribution is -2.36. The van der Waals surface area contributed by atoms with E-state index in [-0.39, 0.29) is 35.5 Å². The van der Waals surface area contributed by atoms with E-state index in [1.54, 1.807) is 12.1 Å².